The zero-order chi connectivity index (χ0) is 23.7. The molecule has 1 aliphatic rings. The fourth-order valence-corrected chi connectivity index (χ4v) is 4.20. The van der Waals surface area contributed by atoms with Crippen molar-refractivity contribution in [1.29, 1.82) is 0 Å². The molecule has 0 bridgehead atoms. The summed E-state index contributed by atoms with van der Waals surface area (Å²) in [6.07, 6.45) is 1.65. The molecule has 0 radical (unpaired) electrons. The molecule has 1 N–H and O–H groups in total. The maximum Gasteiger partial charge on any atom is 0.270 e. The van der Waals surface area contributed by atoms with Crippen LogP contribution in [0.15, 0.2) is 96.6 Å². The summed E-state index contributed by atoms with van der Waals surface area (Å²) in [7, 11) is 0. The van der Waals surface area contributed by atoms with Gasteiger partial charge in [0.05, 0.1) is 5.69 Å². The number of nitrogens with one attached hydrogen (secondary N) is 1. The van der Waals surface area contributed by atoms with E-state index in [4.69, 9.17) is 17.0 Å². The molecule has 4 aromatic rings. The fraction of sp³-hybridized carbons (Fsp3) is 0.0357. The summed E-state index contributed by atoms with van der Waals surface area (Å²) in [5, 5.41) is 4.69. The zero-order valence-electron chi connectivity index (χ0n) is 18.3. The van der Waals surface area contributed by atoms with Crippen LogP contribution in [0.2, 0.25) is 0 Å². The van der Waals surface area contributed by atoms with Crippen molar-refractivity contribution in [2.24, 2.45) is 0 Å². The fourth-order valence-electron chi connectivity index (χ4n) is 3.92. The van der Waals surface area contributed by atoms with Crippen LogP contribution in [-0.2, 0) is 9.59 Å². The molecule has 0 atom stereocenters. The predicted molar refractivity (Wildman–Crippen MR) is 138 cm³/mol. The summed E-state index contributed by atoms with van der Waals surface area (Å²) < 4.78 is 5.83. The van der Waals surface area contributed by atoms with Crippen molar-refractivity contribution >= 4 is 51.7 Å². The molecular weight excluding hydrogens is 444 g/mol. The molecule has 1 saturated heterocycles. The van der Waals surface area contributed by atoms with Crippen LogP contribution in [0.1, 0.15) is 11.1 Å². The van der Waals surface area contributed by atoms with Crippen molar-refractivity contribution in [3.63, 3.8) is 0 Å². The molecule has 1 heterocycles. The van der Waals surface area contributed by atoms with Gasteiger partial charge in [0.1, 0.15) is 17.1 Å². The molecule has 0 aromatic heterocycles. The molecular formula is C28H20N2O3S. The molecule has 5 nitrogen and oxygen atoms in total. The average Bonchev–Trinajstić information content (AvgIpc) is 2.84. The normalized spacial score (nSPS) is 15.0. The topological polar surface area (TPSA) is 58.6 Å². The second kappa shape index (κ2) is 8.92. The van der Waals surface area contributed by atoms with Crippen molar-refractivity contribution in [1.82, 2.24) is 5.32 Å². The Bertz CT molecular complexity index is 1460. The van der Waals surface area contributed by atoms with Gasteiger partial charge in [0, 0.05) is 0 Å². The van der Waals surface area contributed by atoms with Gasteiger partial charge in [-0.25, -0.2) is 0 Å². The summed E-state index contributed by atoms with van der Waals surface area (Å²) in [5.74, 6) is 0.347. The lowest BCUT2D eigenvalue weighted by Gasteiger charge is -2.29. The van der Waals surface area contributed by atoms with E-state index >= 15 is 0 Å². The molecule has 4 aromatic carbocycles. The highest BCUT2D eigenvalue weighted by Crippen LogP contribution is 2.29. The third-order valence-corrected chi connectivity index (χ3v) is 5.94. The van der Waals surface area contributed by atoms with E-state index in [9.17, 15) is 9.59 Å². The summed E-state index contributed by atoms with van der Waals surface area (Å²) in [6, 6.07) is 28.3. The number of aryl methyl sites for hydroxylation is 1. The Morgan fingerprint density at radius 3 is 2.26 bits per heavy atom. The highest BCUT2D eigenvalue weighted by molar-refractivity contribution is 7.80. The number of fused-ring (bicyclic) bond motifs is 1. The number of ether oxygens (including phenoxy) is 1. The van der Waals surface area contributed by atoms with Gasteiger partial charge in [-0.15, -0.1) is 0 Å². The molecule has 6 heteroatoms. The van der Waals surface area contributed by atoms with E-state index in [1.165, 1.54) is 4.90 Å². The Labute approximate surface area is 202 Å². The lowest BCUT2D eigenvalue weighted by atomic mass is 9.97. The zero-order valence-corrected chi connectivity index (χ0v) is 19.1. The molecule has 0 aliphatic carbocycles. The van der Waals surface area contributed by atoms with Gasteiger partial charge < -0.3 is 4.74 Å². The highest BCUT2D eigenvalue weighted by atomic mass is 32.1. The summed E-state index contributed by atoms with van der Waals surface area (Å²) in [6.45, 7) is 1.96. The number of amides is 2. The van der Waals surface area contributed by atoms with Gasteiger partial charge in [0.2, 0.25) is 0 Å². The van der Waals surface area contributed by atoms with Gasteiger partial charge in [-0.1, -0.05) is 54.6 Å². The van der Waals surface area contributed by atoms with Crippen LogP contribution in [-0.4, -0.2) is 16.9 Å². The average molecular weight is 465 g/mol. The van der Waals surface area contributed by atoms with Crippen molar-refractivity contribution in [2.45, 2.75) is 6.92 Å². The number of hydrogen-bond donors (Lipinski definition) is 1. The smallest absolute Gasteiger partial charge is 0.270 e. The number of thiocarbonyl (C=S) groups is 1. The second-order valence-electron chi connectivity index (χ2n) is 7.88. The van der Waals surface area contributed by atoms with E-state index < -0.39 is 11.8 Å². The van der Waals surface area contributed by atoms with Crippen molar-refractivity contribution < 1.29 is 14.3 Å². The van der Waals surface area contributed by atoms with E-state index in [-0.39, 0.29) is 10.7 Å². The van der Waals surface area contributed by atoms with Crippen LogP contribution in [0.4, 0.5) is 5.69 Å². The van der Waals surface area contributed by atoms with Crippen LogP contribution in [0, 0.1) is 6.92 Å². The Kier molecular flexibility index (Phi) is 5.65. The van der Waals surface area contributed by atoms with E-state index in [0.717, 1.165) is 21.9 Å². The van der Waals surface area contributed by atoms with Crippen LogP contribution in [0.25, 0.3) is 16.8 Å². The van der Waals surface area contributed by atoms with Gasteiger partial charge in [-0.3, -0.25) is 19.8 Å². The van der Waals surface area contributed by atoms with Crippen LogP contribution in [0.3, 0.4) is 0 Å². The Hall–Kier alpha value is -4.29. The predicted octanol–water partition coefficient (Wildman–Crippen LogP) is 5.77. The second-order valence-corrected chi connectivity index (χ2v) is 8.27. The molecule has 1 aliphatic heterocycles. The van der Waals surface area contributed by atoms with Gasteiger partial charge in [-0.05, 0) is 83.5 Å². The molecule has 0 saturated carbocycles. The molecule has 0 unspecified atom stereocenters. The molecule has 2 amide bonds. The molecule has 166 valence electrons. The number of carbonyl (C=O) groups excluding carboxylic acids is 2. The van der Waals surface area contributed by atoms with Crippen molar-refractivity contribution in [3.05, 3.63) is 108 Å². The minimum atomic E-state index is -0.511. The molecule has 0 spiro atoms. The van der Waals surface area contributed by atoms with Crippen molar-refractivity contribution in [2.75, 3.05) is 4.90 Å². The Balaban J connectivity index is 1.49. The first-order chi connectivity index (χ1) is 16.5. The third kappa shape index (κ3) is 4.07. The van der Waals surface area contributed by atoms with Gasteiger partial charge in [-0.2, -0.15) is 0 Å². The standard InChI is InChI=1S/C28H20N2O3S/c1-18-11-12-19-7-5-6-10-23(19)24(18)17-25-26(31)29-28(34)30(27(25)32)20-13-15-22(16-14-20)33-21-8-3-2-4-9-21/h2-17H,1H3,(H,29,31,34)/b25-17+. The first-order valence-corrected chi connectivity index (χ1v) is 11.1. The van der Waals surface area contributed by atoms with Gasteiger partial charge >= 0.3 is 0 Å². The number of carbonyl (C=O) groups is 2. The van der Waals surface area contributed by atoms with E-state index in [1.54, 1.807) is 30.3 Å². The number of hydrogen-bond acceptors (Lipinski definition) is 4. The summed E-state index contributed by atoms with van der Waals surface area (Å²) >= 11 is 5.34. The monoisotopic (exact) mass is 464 g/mol. The van der Waals surface area contributed by atoms with Gasteiger partial charge in [0.15, 0.2) is 5.11 Å². The molecule has 34 heavy (non-hydrogen) atoms. The van der Waals surface area contributed by atoms with Crippen LogP contribution >= 0.6 is 12.2 Å². The summed E-state index contributed by atoms with van der Waals surface area (Å²) in [5.41, 5.74) is 2.36. The first-order valence-electron chi connectivity index (χ1n) is 10.7. The number of nitrogens with zero attached hydrogens (tertiary/aromatic N) is 1. The minimum Gasteiger partial charge on any atom is -0.457 e. The highest BCUT2D eigenvalue weighted by Gasteiger charge is 2.34. The SMILES string of the molecule is Cc1ccc2ccccc2c1/C=C1\C(=O)NC(=S)N(c2ccc(Oc3ccccc3)cc2)C1=O. The van der Waals surface area contributed by atoms with E-state index in [2.05, 4.69) is 5.32 Å². The van der Waals surface area contributed by atoms with E-state index in [0.29, 0.717) is 17.2 Å². The largest absolute Gasteiger partial charge is 0.457 e. The quantitative estimate of drug-likeness (QED) is 0.237. The van der Waals surface area contributed by atoms with Crippen molar-refractivity contribution in [3.8, 4) is 11.5 Å². The molecule has 5 rings (SSSR count). The van der Waals surface area contributed by atoms with Gasteiger partial charge in [0.25, 0.3) is 11.8 Å². The van der Waals surface area contributed by atoms with E-state index in [1.807, 2.05) is 73.7 Å². The maximum absolute atomic E-state index is 13.5. The minimum absolute atomic E-state index is 0.0256. The summed E-state index contributed by atoms with van der Waals surface area (Å²) in [4.78, 5) is 27.5. The third-order valence-electron chi connectivity index (χ3n) is 5.65. The number of benzene rings is 4. The Morgan fingerprint density at radius 1 is 0.824 bits per heavy atom. The lowest BCUT2D eigenvalue weighted by molar-refractivity contribution is -0.122. The van der Waals surface area contributed by atoms with Crippen LogP contribution < -0.4 is 15.0 Å². The lowest BCUT2D eigenvalue weighted by Crippen LogP contribution is -2.54. The number of para-hydroxylation sites is 1. The number of anilines is 1. The first kappa shape index (κ1) is 21.6. The molecule has 1 fully saturated rings. The Morgan fingerprint density at radius 2 is 1.50 bits per heavy atom. The van der Waals surface area contributed by atoms with Crippen LogP contribution in [0.5, 0.6) is 11.5 Å². The maximum atomic E-state index is 13.5. The number of rotatable bonds is 4.